The van der Waals surface area contributed by atoms with Crippen LogP contribution in [-0.4, -0.2) is 33.7 Å². The van der Waals surface area contributed by atoms with Crippen LogP contribution in [0.2, 0.25) is 0 Å². The molecule has 2 aliphatic carbocycles. The molecule has 5 heteroatoms. The molecule has 1 heterocycles. The lowest BCUT2D eigenvalue weighted by molar-refractivity contribution is -0.00944. The molecule has 0 aliphatic heterocycles. The van der Waals surface area contributed by atoms with Crippen molar-refractivity contribution < 1.29 is 4.74 Å². The van der Waals surface area contributed by atoms with Crippen LogP contribution < -0.4 is 5.32 Å². The number of ether oxygens (including phenoxy) is 1. The Bertz CT molecular complexity index is 416. The number of nitrogens with one attached hydrogen (secondary N) is 1. The van der Waals surface area contributed by atoms with E-state index in [0.29, 0.717) is 12.0 Å². The largest absolute Gasteiger partial charge is 0.376 e. The van der Waals surface area contributed by atoms with Crippen LogP contribution in [-0.2, 0) is 17.8 Å². The maximum absolute atomic E-state index is 6.01. The number of hydrogen-bond donors (Lipinski definition) is 1. The summed E-state index contributed by atoms with van der Waals surface area (Å²) in [6.07, 6.45) is 10.3. The Morgan fingerprint density at radius 3 is 2.95 bits per heavy atom. The van der Waals surface area contributed by atoms with Crippen molar-refractivity contribution in [1.29, 1.82) is 0 Å². The first-order valence-electron chi connectivity index (χ1n) is 8.05. The van der Waals surface area contributed by atoms with Crippen molar-refractivity contribution in [2.45, 2.75) is 70.7 Å². The third-order valence-corrected chi connectivity index (χ3v) is 4.42. The molecule has 3 rings (SSSR count). The minimum absolute atomic E-state index is 0.447. The lowest BCUT2D eigenvalue weighted by Crippen LogP contribution is -2.27. The summed E-state index contributed by atoms with van der Waals surface area (Å²) in [5.74, 6) is 0.706. The van der Waals surface area contributed by atoms with Crippen LogP contribution in [0.15, 0.2) is 6.20 Å². The molecule has 112 valence electrons. The van der Waals surface area contributed by atoms with Crippen molar-refractivity contribution in [3.8, 4) is 0 Å². The number of aromatic nitrogens is 3. The van der Waals surface area contributed by atoms with Gasteiger partial charge in [-0.2, -0.15) is 0 Å². The molecule has 0 amide bonds. The maximum atomic E-state index is 6.01. The lowest BCUT2D eigenvalue weighted by Gasteiger charge is -2.28. The van der Waals surface area contributed by atoms with Crippen molar-refractivity contribution in [1.82, 2.24) is 20.3 Å². The Morgan fingerprint density at radius 2 is 2.15 bits per heavy atom. The highest BCUT2D eigenvalue weighted by molar-refractivity contribution is 4.94. The summed E-state index contributed by atoms with van der Waals surface area (Å²) in [7, 11) is 0. The Morgan fingerprint density at radius 1 is 1.30 bits per heavy atom. The van der Waals surface area contributed by atoms with E-state index in [4.69, 9.17) is 4.74 Å². The van der Waals surface area contributed by atoms with Gasteiger partial charge in [-0.05, 0) is 31.6 Å². The van der Waals surface area contributed by atoms with E-state index in [1.165, 1.54) is 38.5 Å². The minimum Gasteiger partial charge on any atom is -0.376 e. The molecule has 2 unspecified atom stereocenters. The summed E-state index contributed by atoms with van der Waals surface area (Å²) in [6, 6.07) is 0.719. The molecule has 0 bridgehead atoms. The highest BCUT2D eigenvalue weighted by atomic mass is 16.5. The highest BCUT2D eigenvalue weighted by Gasteiger charge is 2.22. The zero-order chi connectivity index (χ0) is 13.8. The van der Waals surface area contributed by atoms with Crippen LogP contribution in [0.4, 0.5) is 0 Å². The second kappa shape index (κ2) is 6.68. The fraction of sp³-hybridized carbons (Fsp3) is 0.867. The van der Waals surface area contributed by atoms with Gasteiger partial charge in [0, 0.05) is 18.8 Å². The summed E-state index contributed by atoms with van der Waals surface area (Å²) in [4.78, 5) is 0. The SMILES string of the molecule is CC1CCCCC1OCCn1cc(CNC2CC2)nn1. The summed E-state index contributed by atoms with van der Waals surface area (Å²) in [6.45, 7) is 4.69. The quantitative estimate of drug-likeness (QED) is 0.830. The Labute approximate surface area is 121 Å². The number of rotatable bonds is 7. The normalized spacial score (nSPS) is 26.9. The van der Waals surface area contributed by atoms with E-state index in [1.54, 1.807) is 0 Å². The van der Waals surface area contributed by atoms with Gasteiger partial charge in [0.1, 0.15) is 0 Å². The van der Waals surface area contributed by atoms with Gasteiger partial charge in [-0.25, -0.2) is 4.68 Å². The Hall–Kier alpha value is -0.940. The molecule has 0 spiro atoms. The van der Waals surface area contributed by atoms with Gasteiger partial charge in [-0.3, -0.25) is 0 Å². The molecule has 2 fully saturated rings. The molecule has 1 N–H and O–H groups in total. The second-order valence-electron chi connectivity index (χ2n) is 6.30. The Balaban J connectivity index is 1.37. The lowest BCUT2D eigenvalue weighted by atomic mass is 9.88. The van der Waals surface area contributed by atoms with Crippen LogP contribution >= 0.6 is 0 Å². The van der Waals surface area contributed by atoms with E-state index in [-0.39, 0.29) is 0 Å². The van der Waals surface area contributed by atoms with Crippen LogP contribution in [0.3, 0.4) is 0 Å². The molecule has 5 nitrogen and oxygen atoms in total. The third-order valence-electron chi connectivity index (χ3n) is 4.42. The summed E-state index contributed by atoms with van der Waals surface area (Å²) in [5.41, 5.74) is 1.03. The van der Waals surface area contributed by atoms with Gasteiger partial charge in [0.25, 0.3) is 0 Å². The first-order chi connectivity index (χ1) is 9.81. The van der Waals surface area contributed by atoms with Gasteiger partial charge in [0.2, 0.25) is 0 Å². The van der Waals surface area contributed by atoms with Crippen molar-refractivity contribution >= 4 is 0 Å². The van der Waals surface area contributed by atoms with E-state index in [2.05, 4.69) is 22.6 Å². The van der Waals surface area contributed by atoms with Crippen molar-refractivity contribution in [2.75, 3.05) is 6.61 Å². The predicted octanol–water partition coefficient (Wildman–Crippen LogP) is 2.13. The second-order valence-corrected chi connectivity index (χ2v) is 6.30. The summed E-state index contributed by atoms with van der Waals surface area (Å²) >= 11 is 0. The average Bonchev–Trinajstić information content (AvgIpc) is 3.18. The zero-order valence-electron chi connectivity index (χ0n) is 12.4. The highest BCUT2D eigenvalue weighted by Crippen LogP contribution is 2.26. The molecule has 2 aliphatic rings. The fourth-order valence-electron chi connectivity index (χ4n) is 2.89. The zero-order valence-corrected chi connectivity index (χ0v) is 12.4. The fourth-order valence-corrected chi connectivity index (χ4v) is 2.89. The molecular weight excluding hydrogens is 252 g/mol. The van der Waals surface area contributed by atoms with Crippen LogP contribution in [0.1, 0.15) is 51.1 Å². The standard InChI is InChI=1S/C15H26N4O/c1-12-4-2-3-5-15(12)20-9-8-19-11-14(17-18-19)10-16-13-6-7-13/h11-13,15-16H,2-10H2,1H3. The summed E-state index contributed by atoms with van der Waals surface area (Å²) in [5, 5.41) is 11.8. The van der Waals surface area contributed by atoms with Gasteiger partial charge in [0.15, 0.2) is 0 Å². The molecule has 0 aromatic carbocycles. The molecule has 2 saturated carbocycles. The number of nitrogens with zero attached hydrogens (tertiary/aromatic N) is 3. The average molecular weight is 278 g/mol. The van der Waals surface area contributed by atoms with E-state index in [1.807, 2.05) is 10.9 Å². The topological polar surface area (TPSA) is 52.0 Å². The van der Waals surface area contributed by atoms with E-state index in [9.17, 15) is 0 Å². The van der Waals surface area contributed by atoms with Gasteiger partial charge in [0.05, 0.1) is 24.9 Å². The van der Waals surface area contributed by atoms with Crippen LogP contribution in [0.5, 0.6) is 0 Å². The molecule has 1 aromatic rings. The Kier molecular flexibility index (Phi) is 4.68. The van der Waals surface area contributed by atoms with Gasteiger partial charge in [-0.1, -0.05) is 25.0 Å². The minimum atomic E-state index is 0.447. The predicted molar refractivity (Wildman–Crippen MR) is 77.3 cm³/mol. The molecule has 0 radical (unpaired) electrons. The van der Waals surface area contributed by atoms with Crippen molar-refractivity contribution in [3.63, 3.8) is 0 Å². The first kappa shape index (κ1) is 14.0. The maximum Gasteiger partial charge on any atom is 0.0964 e. The first-order valence-corrected chi connectivity index (χ1v) is 8.05. The van der Waals surface area contributed by atoms with Crippen molar-refractivity contribution in [2.24, 2.45) is 5.92 Å². The van der Waals surface area contributed by atoms with Crippen LogP contribution in [0, 0.1) is 5.92 Å². The van der Waals surface area contributed by atoms with E-state index < -0.39 is 0 Å². The summed E-state index contributed by atoms with van der Waals surface area (Å²) < 4.78 is 7.91. The van der Waals surface area contributed by atoms with Crippen LogP contribution in [0.25, 0.3) is 0 Å². The number of hydrogen-bond acceptors (Lipinski definition) is 4. The van der Waals surface area contributed by atoms with E-state index >= 15 is 0 Å². The molecule has 0 saturated heterocycles. The smallest absolute Gasteiger partial charge is 0.0964 e. The van der Waals surface area contributed by atoms with Gasteiger partial charge >= 0.3 is 0 Å². The molecule has 2 atom stereocenters. The third kappa shape index (κ3) is 4.03. The van der Waals surface area contributed by atoms with Gasteiger partial charge in [-0.15, -0.1) is 5.10 Å². The monoisotopic (exact) mass is 278 g/mol. The molecule has 20 heavy (non-hydrogen) atoms. The molecule has 1 aromatic heterocycles. The van der Waals surface area contributed by atoms with Gasteiger partial charge < -0.3 is 10.1 Å². The van der Waals surface area contributed by atoms with Crippen molar-refractivity contribution in [3.05, 3.63) is 11.9 Å². The van der Waals surface area contributed by atoms with E-state index in [0.717, 1.165) is 31.4 Å². The molecular formula is C15H26N4O.